The summed E-state index contributed by atoms with van der Waals surface area (Å²) >= 11 is 1.28. The molecule has 1 saturated heterocycles. The summed E-state index contributed by atoms with van der Waals surface area (Å²) in [7, 11) is 0. The predicted octanol–water partition coefficient (Wildman–Crippen LogP) is 2.18. The summed E-state index contributed by atoms with van der Waals surface area (Å²) in [5, 5.41) is 13.5. The molecule has 1 aliphatic rings. The molecule has 0 radical (unpaired) electrons. The fourth-order valence-corrected chi connectivity index (χ4v) is 2.88. The number of carbonyl (C=O) groups excluding carboxylic acids is 1. The van der Waals surface area contributed by atoms with Gasteiger partial charge >= 0.3 is 0 Å². The number of aliphatic hydroxyl groups excluding tert-OH is 1. The zero-order valence-corrected chi connectivity index (χ0v) is 12.8. The maximum atomic E-state index is 11.9. The molecule has 2 N–H and O–H groups in total. The van der Waals surface area contributed by atoms with Crippen LogP contribution in [0.2, 0.25) is 0 Å². The minimum Gasteiger partial charge on any atom is -0.391 e. The first-order valence-electron chi connectivity index (χ1n) is 6.90. The highest BCUT2D eigenvalue weighted by molar-refractivity contribution is 8.18. The van der Waals surface area contributed by atoms with E-state index in [9.17, 15) is 9.90 Å². The first-order valence-corrected chi connectivity index (χ1v) is 7.72. The average Bonchev–Trinajstić information content (AvgIpc) is 2.85. The number of hydrogen-bond acceptors (Lipinski definition) is 5. The van der Waals surface area contributed by atoms with E-state index >= 15 is 0 Å². The monoisotopic (exact) mass is 313 g/mol. The van der Waals surface area contributed by atoms with Gasteiger partial charge in [-0.3, -0.25) is 14.8 Å². The Labute approximate surface area is 132 Å². The van der Waals surface area contributed by atoms with Crippen molar-refractivity contribution in [2.24, 2.45) is 4.99 Å². The number of pyridine rings is 1. The molecule has 3 rings (SSSR count). The van der Waals surface area contributed by atoms with Crippen LogP contribution >= 0.6 is 11.8 Å². The summed E-state index contributed by atoms with van der Waals surface area (Å²) < 4.78 is 0. The second-order valence-corrected chi connectivity index (χ2v) is 6.05. The Morgan fingerprint density at radius 1 is 1.45 bits per heavy atom. The van der Waals surface area contributed by atoms with Gasteiger partial charge in [-0.05, 0) is 48.5 Å². The van der Waals surface area contributed by atoms with Gasteiger partial charge in [0.15, 0.2) is 5.17 Å². The smallest absolute Gasteiger partial charge is 0.264 e. The third-order valence-corrected chi connectivity index (χ3v) is 4.02. The number of hydrogen-bond donors (Lipinski definition) is 2. The molecular formula is C16H15N3O2S. The highest BCUT2D eigenvalue weighted by Gasteiger charge is 2.23. The molecule has 1 aliphatic heterocycles. The number of fused-ring (bicyclic) bond motifs is 1. The van der Waals surface area contributed by atoms with Gasteiger partial charge in [0, 0.05) is 11.6 Å². The van der Waals surface area contributed by atoms with Crippen LogP contribution in [0.15, 0.2) is 46.4 Å². The van der Waals surface area contributed by atoms with Gasteiger partial charge in [-0.1, -0.05) is 12.1 Å². The number of thioether (sulfide) groups is 1. The number of benzene rings is 1. The first-order chi connectivity index (χ1) is 10.6. The Bertz CT molecular complexity index is 784. The molecule has 0 aliphatic carbocycles. The zero-order valence-electron chi connectivity index (χ0n) is 12.0. The number of nitrogens with zero attached hydrogens (tertiary/aromatic N) is 2. The lowest BCUT2D eigenvalue weighted by Crippen LogP contribution is -2.21. The van der Waals surface area contributed by atoms with Crippen LogP contribution in [-0.2, 0) is 4.79 Å². The summed E-state index contributed by atoms with van der Waals surface area (Å²) in [6.07, 6.45) is 3.06. The minimum atomic E-state index is -0.522. The Balaban J connectivity index is 1.84. The van der Waals surface area contributed by atoms with Gasteiger partial charge in [0.2, 0.25) is 0 Å². The zero-order chi connectivity index (χ0) is 15.5. The predicted molar refractivity (Wildman–Crippen MR) is 89.4 cm³/mol. The van der Waals surface area contributed by atoms with Crippen molar-refractivity contribution in [2.45, 2.75) is 13.0 Å². The standard InChI is InChI=1S/C16H15N3O2S/c1-10(20)9-18-16-19-15(21)14(22-16)8-11-4-5-13-12(7-11)3-2-6-17-13/h2-8,10,20H,9H2,1H3,(H,18,19,21). The van der Waals surface area contributed by atoms with E-state index < -0.39 is 6.10 Å². The van der Waals surface area contributed by atoms with Gasteiger partial charge < -0.3 is 10.4 Å². The van der Waals surface area contributed by atoms with Crippen molar-refractivity contribution in [3.05, 3.63) is 47.0 Å². The van der Waals surface area contributed by atoms with E-state index in [-0.39, 0.29) is 12.5 Å². The van der Waals surface area contributed by atoms with Crippen LogP contribution in [-0.4, -0.2) is 33.8 Å². The van der Waals surface area contributed by atoms with Gasteiger partial charge in [-0.25, -0.2) is 0 Å². The molecule has 1 aromatic carbocycles. The van der Waals surface area contributed by atoms with Crippen molar-refractivity contribution in [3.8, 4) is 0 Å². The Morgan fingerprint density at radius 2 is 2.32 bits per heavy atom. The first kappa shape index (κ1) is 14.7. The summed E-state index contributed by atoms with van der Waals surface area (Å²) in [6.45, 7) is 1.93. The Kier molecular flexibility index (Phi) is 4.22. The summed E-state index contributed by atoms with van der Waals surface area (Å²) in [4.78, 5) is 21.0. The lowest BCUT2D eigenvalue weighted by atomic mass is 10.1. The number of amidine groups is 1. The van der Waals surface area contributed by atoms with Crippen LogP contribution in [0.1, 0.15) is 12.5 Å². The molecule has 6 heteroatoms. The molecule has 1 unspecified atom stereocenters. The van der Waals surface area contributed by atoms with Crippen molar-refractivity contribution in [3.63, 3.8) is 0 Å². The van der Waals surface area contributed by atoms with Crippen molar-refractivity contribution in [1.82, 2.24) is 10.3 Å². The molecule has 1 amide bonds. The quantitative estimate of drug-likeness (QED) is 0.852. The number of rotatable bonds is 3. The van der Waals surface area contributed by atoms with Crippen LogP contribution in [0.25, 0.3) is 17.0 Å². The summed E-state index contributed by atoms with van der Waals surface area (Å²) in [5.41, 5.74) is 1.86. The van der Waals surface area contributed by atoms with E-state index in [0.717, 1.165) is 16.5 Å². The van der Waals surface area contributed by atoms with Gasteiger partial charge in [0.05, 0.1) is 23.1 Å². The SMILES string of the molecule is CC(O)CN=C1NC(=O)C(=Cc2ccc3ncccc3c2)S1. The van der Waals surface area contributed by atoms with Gasteiger partial charge in [0.25, 0.3) is 5.91 Å². The molecule has 112 valence electrons. The molecule has 5 nitrogen and oxygen atoms in total. The molecule has 0 spiro atoms. The van der Waals surface area contributed by atoms with E-state index in [2.05, 4.69) is 15.3 Å². The molecule has 2 heterocycles. The summed E-state index contributed by atoms with van der Waals surface area (Å²) in [5.74, 6) is -0.166. The fraction of sp³-hybridized carbons (Fsp3) is 0.188. The van der Waals surface area contributed by atoms with E-state index in [1.165, 1.54) is 11.8 Å². The number of amides is 1. The topological polar surface area (TPSA) is 74.6 Å². The van der Waals surface area contributed by atoms with Crippen LogP contribution in [0.4, 0.5) is 0 Å². The number of nitrogens with one attached hydrogen (secondary N) is 1. The Morgan fingerprint density at radius 3 is 3.14 bits per heavy atom. The van der Waals surface area contributed by atoms with E-state index in [1.807, 2.05) is 36.4 Å². The van der Waals surface area contributed by atoms with E-state index in [0.29, 0.717) is 10.1 Å². The molecule has 0 bridgehead atoms. The van der Waals surface area contributed by atoms with Crippen molar-refractivity contribution < 1.29 is 9.90 Å². The minimum absolute atomic E-state index is 0.166. The number of carbonyl (C=O) groups is 1. The highest BCUT2D eigenvalue weighted by atomic mass is 32.2. The second kappa shape index (κ2) is 6.29. The van der Waals surface area contributed by atoms with E-state index in [1.54, 1.807) is 13.1 Å². The van der Waals surface area contributed by atoms with Crippen molar-refractivity contribution in [1.29, 1.82) is 0 Å². The van der Waals surface area contributed by atoms with Crippen LogP contribution in [0.5, 0.6) is 0 Å². The normalized spacial score (nSPS) is 19.8. The lowest BCUT2D eigenvalue weighted by molar-refractivity contribution is -0.115. The number of aromatic nitrogens is 1. The van der Waals surface area contributed by atoms with Crippen molar-refractivity contribution in [2.75, 3.05) is 6.54 Å². The third-order valence-electron chi connectivity index (χ3n) is 3.07. The maximum absolute atomic E-state index is 11.9. The molecule has 2 aromatic rings. The lowest BCUT2D eigenvalue weighted by Gasteiger charge is -1.99. The highest BCUT2D eigenvalue weighted by Crippen LogP contribution is 2.26. The molecule has 1 fully saturated rings. The molecule has 22 heavy (non-hydrogen) atoms. The average molecular weight is 313 g/mol. The molecule has 1 atom stereocenters. The second-order valence-electron chi connectivity index (χ2n) is 5.02. The largest absolute Gasteiger partial charge is 0.391 e. The van der Waals surface area contributed by atoms with Gasteiger partial charge in [0.1, 0.15) is 0 Å². The molecule has 0 saturated carbocycles. The molecular weight excluding hydrogens is 298 g/mol. The summed E-state index contributed by atoms with van der Waals surface area (Å²) in [6, 6.07) is 9.73. The van der Waals surface area contributed by atoms with Crippen LogP contribution in [0, 0.1) is 0 Å². The molecule has 1 aromatic heterocycles. The maximum Gasteiger partial charge on any atom is 0.264 e. The van der Waals surface area contributed by atoms with Gasteiger partial charge in [-0.15, -0.1) is 0 Å². The number of aliphatic hydroxyl groups is 1. The van der Waals surface area contributed by atoms with Crippen LogP contribution < -0.4 is 5.32 Å². The van der Waals surface area contributed by atoms with Gasteiger partial charge in [-0.2, -0.15) is 0 Å². The van der Waals surface area contributed by atoms with Crippen LogP contribution in [0.3, 0.4) is 0 Å². The van der Waals surface area contributed by atoms with Crippen molar-refractivity contribution >= 4 is 39.8 Å². The number of aliphatic imine (C=N–C) groups is 1. The third kappa shape index (κ3) is 3.35. The van der Waals surface area contributed by atoms with E-state index in [4.69, 9.17) is 0 Å². The fourth-order valence-electron chi connectivity index (χ4n) is 2.05. The Hall–Kier alpha value is -2.18.